The molecule has 0 aliphatic carbocycles. The maximum absolute atomic E-state index is 12.9. The van der Waals surface area contributed by atoms with E-state index in [1.807, 2.05) is 43.3 Å². The van der Waals surface area contributed by atoms with Gasteiger partial charge in [0.15, 0.2) is 0 Å². The number of morpholine rings is 1. The Hall–Kier alpha value is -1.51. The Bertz CT molecular complexity index is 977. The van der Waals surface area contributed by atoms with Gasteiger partial charge in [0, 0.05) is 36.9 Å². The summed E-state index contributed by atoms with van der Waals surface area (Å²) in [5, 5.41) is 0.736. The third-order valence-corrected chi connectivity index (χ3v) is 7.83. The number of aryl methyl sites for hydroxylation is 1. The summed E-state index contributed by atoms with van der Waals surface area (Å²) < 4.78 is 34.9. The van der Waals surface area contributed by atoms with E-state index < -0.39 is 10.2 Å². The smallest absolute Gasteiger partial charge is 0.282 e. The fourth-order valence-corrected chi connectivity index (χ4v) is 5.87. The molecule has 2 aromatic rings. The number of nitrogens with zero attached hydrogens (tertiary/aromatic N) is 3. The highest BCUT2D eigenvalue weighted by Crippen LogP contribution is 2.27. The molecule has 0 radical (unpaired) electrons. The molecule has 0 N–H and O–H groups in total. The summed E-state index contributed by atoms with van der Waals surface area (Å²) in [4.78, 5) is 4.64. The van der Waals surface area contributed by atoms with Gasteiger partial charge in [-0.1, -0.05) is 29.8 Å². The predicted molar refractivity (Wildman–Crippen MR) is 113 cm³/mol. The van der Waals surface area contributed by atoms with Crippen molar-refractivity contribution in [2.45, 2.75) is 32.3 Å². The molecule has 3 heterocycles. The van der Waals surface area contributed by atoms with E-state index in [9.17, 15) is 8.42 Å². The van der Waals surface area contributed by atoms with Crippen LogP contribution in [0.3, 0.4) is 0 Å². The second-order valence-electron chi connectivity index (χ2n) is 7.64. The lowest BCUT2D eigenvalue weighted by Crippen LogP contribution is -2.48. The molecule has 0 spiro atoms. The number of pyridine rings is 1. The summed E-state index contributed by atoms with van der Waals surface area (Å²) in [5.74, 6) is 0. The standard InChI is InChI=1S/C21H26ClN3O3S/c1-16-12-17(13-18-6-2-3-7-19(18)22)14-20(23-16)21-15-25(10-11-28-21)29(26,27)24-8-4-5-9-24/h2-3,6-7,12,14,21H,4-5,8-11,13,15H2,1H3. The van der Waals surface area contributed by atoms with E-state index in [4.69, 9.17) is 16.3 Å². The third-order valence-electron chi connectivity index (χ3n) is 5.46. The van der Waals surface area contributed by atoms with Crippen molar-refractivity contribution in [2.75, 3.05) is 32.8 Å². The van der Waals surface area contributed by atoms with E-state index in [1.54, 1.807) is 8.61 Å². The molecule has 4 rings (SSSR count). The molecule has 156 valence electrons. The molecule has 8 heteroatoms. The van der Waals surface area contributed by atoms with Crippen LogP contribution in [0, 0.1) is 6.92 Å². The van der Waals surface area contributed by atoms with Crippen LogP contribution in [0.2, 0.25) is 5.02 Å². The molecule has 2 aliphatic rings. The van der Waals surface area contributed by atoms with Crippen molar-refractivity contribution in [3.8, 4) is 0 Å². The van der Waals surface area contributed by atoms with Gasteiger partial charge < -0.3 is 4.74 Å². The molecule has 0 bridgehead atoms. The van der Waals surface area contributed by atoms with Gasteiger partial charge in [0.25, 0.3) is 10.2 Å². The lowest BCUT2D eigenvalue weighted by Gasteiger charge is -2.34. The van der Waals surface area contributed by atoms with Crippen LogP contribution >= 0.6 is 11.6 Å². The first-order valence-electron chi connectivity index (χ1n) is 10.0. The summed E-state index contributed by atoms with van der Waals surface area (Å²) >= 11 is 6.32. The highest BCUT2D eigenvalue weighted by Gasteiger charge is 2.36. The van der Waals surface area contributed by atoms with E-state index in [2.05, 4.69) is 4.98 Å². The van der Waals surface area contributed by atoms with Gasteiger partial charge in [0.2, 0.25) is 0 Å². The van der Waals surface area contributed by atoms with Crippen LogP contribution < -0.4 is 0 Å². The monoisotopic (exact) mass is 435 g/mol. The maximum Gasteiger partial charge on any atom is 0.282 e. The number of halogens is 1. The lowest BCUT2D eigenvalue weighted by atomic mass is 10.0. The normalized spacial score (nSPS) is 21.5. The van der Waals surface area contributed by atoms with Gasteiger partial charge in [-0.05, 0) is 55.5 Å². The molecular weight excluding hydrogens is 410 g/mol. The van der Waals surface area contributed by atoms with Gasteiger partial charge in [0.05, 0.1) is 12.3 Å². The van der Waals surface area contributed by atoms with Crippen molar-refractivity contribution in [2.24, 2.45) is 0 Å². The SMILES string of the molecule is Cc1cc(Cc2ccccc2Cl)cc(C2CN(S(=O)(=O)N3CCCC3)CCO2)n1. The van der Waals surface area contributed by atoms with E-state index in [0.29, 0.717) is 39.2 Å². The van der Waals surface area contributed by atoms with Gasteiger partial charge >= 0.3 is 0 Å². The molecule has 0 saturated carbocycles. The van der Waals surface area contributed by atoms with Crippen LogP contribution in [-0.4, -0.2) is 54.8 Å². The lowest BCUT2D eigenvalue weighted by molar-refractivity contribution is -0.00656. The Kier molecular flexibility index (Phi) is 6.22. The molecule has 1 aromatic heterocycles. The van der Waals surface area contributed by atoms with Crippen LogP contribution in [-0.2, 0) is 21.4 Å². The largest absolute Gasteiger partial charge is 0.369 e. The van der Waals surface area contributed by atoms with Crippen LogP contribution in [0.15, 0.2) is 36.4 Å². The Morgan fingerprint density at radius 3 is 2.66 bits per heavy atom. The number of hydrogen-bond donors (Lipinski definition) is 0. The minimum Gasteiger partial charge on any atom is -0.369 e. The second-order valence-corrected chi connectivity index (χ2v) is 9.98. The summed E-state index contributed by atoms with van der Waals surface area (Å²) in [6, 6.07) is 11.8. The fourth-order valence-electron chi connectivity index (χ4n) is 3.99. The molecule has 1 aromatic carbocycles. The molecule has 1 unspecified atom stereocenters. The van der Waals surface area contributed by atoms with E-state index >= 15 is 0 Å². The minimum atomic E-state index is -3.44. The first-order chi connectivity index (χ1) is 13.9. The molecule has 29 heavy (non-hydrogen) atoms. The fraction of sp³-hybridized carbons (Fsp3) is 0.476. The summed E-state index contributed by atoms with van der Waals surface area (Å²) in [6.45, 7) is 4.20. The van der Waals surface area contributed by atoms with Crippen molar-refractivity contribution in [3.05, 3.63) is 63.9 Å². The molecule has 2 aliphatic heterocycles. The van der Waals surface area contributed by atoms with Gasteiger partial charge in [0.1, 0.15) is 6.10 Å². The molecular formula is C21H26ClN3O3S. The maximum atomic E-state index is 12.9. The Morgan fingerprint density at radius 2 is 1.90 bits per heavy atom. The van der Waals surface area contributed by atoms with Gasteiger partial charge in [-0.25, -0.2) is 0 Å². The number of benzene rings is 1. The number of hydrogen-bond acceptors (Lipinski definition) is 4. The molecule has 2 saturated heterocycles. The first-order valence-corrected chi connectivity index (χ1v) is 11.8. The van der Waals surface area contributed by atoms with Crippen LogP contribution in [0.1, 0.15) is 41.5 Å². The van der Waals surface area contributed by atoms with E-state index in [0.717, 1.165) is 40.4 Å². The molecule has 1 atom stereocenters. The average molecular weight is 436 g/mol. The minimum absolute atomic E-state index is 0.292. The number of aromatic nitrogens is 1. The van der Waals surface area contributed by atoms with Crippen molar-refractivity contribution in [1.29, 1.82) is 0 Å². The Morgan fingerprint density at radius 1 is 1.14 bits per heavy atom. The zero-order valence-electron chi connectivity index (χ0n) is 16.6. The Balaban J connectivity index is 1.54. The highest BCUT2D eigenvalue weighted by atomic mass is 35.5. The third kappa shape index (κ3) is 4.64. The summed E-state index contributed by atoms with van der Waals surface area (Å²) in [7, 11) is -3.44. The summed E-state index contributed by atoms with van der Waals surface area (Å²) in [5.41, 5.74) is 3.79. The molecule has 0 amide bonds. The van der Waals surface area contributed by atoms with Crippen molar-refractivity contribution >= 4 is 21.8 Å². The average Bonchev–Trinajstić information content (AvgIpc) is 3.25. The highest BCUT2D eigenvalue weighted by molar-refractivity contribution is 7.86. The van der Waals surface area contributed by atoms with Crippen LogP contribution in [0.25, 0.3) is 0 Å². The van der Waals surface area contributed by atoms with E-state index in [-0.39, 0.29) is 6.10 Å². The number of ether oxygens (including phenoxy) is 1. The molecule has 2 fully saturated rings. The number of rotatable bonds is 5. The Labute approximate surface area is 177 Å². The van der Waals surface area contributed by atoms with Crippen molar-refractivity contribution in [1.82, 2.24) is 13.6 Å². The predicted octanol–water partition coefficient (Wildman–Crippen LogP) is 3.35. The van der Waals surface area contributed by atoms with Gasteiger partial charge in [-0.3, -0.25) is 4.98 Å². The topological polar surface area (TPSA) is 62.7 Å². The van der Waals surface area contributed by atoms with Crippen molar-refractivity contribution in [3.63, 3.8) is 0 Å². The van der Waals surface area contributed by atoms with Crippen molar-refractivity contribution < 1.29 is 13.2 Å². The zero-order valence-corrected chi connectivity index (χ0v) is 18.1. The second kappa shape index (κ2) is 8.70. The van der Waals surface area contributed by atoms with Crippen LogP contribution in [0.5, 0.6) is 0 Å². The van der Waals surface area contributed by atoms with Gasteiger partial charge in [-0.15, -0.1) is 0 Å². The van der Waals surface area contributed by atoms with Gasteiger partial charge in [-0.2, -0.15) is 17.0 Å². The quantitative estimate of drug-likeness (QED) is 0.722. The van der Waals surface area contributed by atoms with Crippen LogP contribution in [0.4, 0.5) is 0 Å². The first kappa shape index (κ1) is 20.8. The molecule has 6 nitrogen and oxygen atoms in total. The zero-order chi connectivity index (χ0) is 20.4. The summed E-state index contributed by atoms with van der Waals surface area (Å²) in [6.07, 6.45) is 2.18. The van der Waals surface area contributed by atoms with E-state index in [1.165, 1.54) is 0 Å².